The molecule has 1 heterocycles. The molecule has 4 heteroatoms. The van der Waals surface area contributed by atoms with E-state index in [0.29, 0.717) is 18.9 Å². The quantitative estimate of drug-likeness (QED) is 0.651. The summed E-state index contributed by atoms with van der Waals surface area (Å²) in [5, 5.41) is 0. The Bertz CT molecular complexity index is 841. The molecule has 2 fully saturated rings. The zero-order chi connectivity index (χ0) is 19.8. The van der Waals surface area contributed by atoms with Gasteiger partial charge in [-0.1, -0.05) is 64.5 Å². The van der Waals surface area contributed by atoms with Crippen molar-refractivity contribution in [3.63, 3.8) is 0 Å². The van der Waals surface area contributed by atoms with Gasteiger partial charge in [-0.25, -0.2) is 0 Å². The summed E-state index contributed by atoms with van der Waals surface area (Å²) in [5.41, 5.74) is 2.83. The van der Waals surface area contributed by atoms with Crippen molar-refractivity contribution in [1.29, 1.82) is 0 Å². The highest BCUT2D eigenvalue weighted by molar-refractivity contribution is 9.10. The molecule has 0 radical (unpaired) electrons. The summed E-state index contributed by atoms with van der Waals surface area (Å²) in [6.45, 7) is 1.60. The van der Waals surface area contributed by atoms with Gasteiger partial charge in [-0.3, -0.25) is 9.69 Å². The van der Waals surface area contributed by atoms with Crippen molar-refractivity contribution >= 4 is 21.8 Å². The maximum absolute atomic E-state index is 12.8. The summed E-state index contributed by atoms with van der Waals surface area (Å²) in [6, 6.07) is 19.1. The Morgan fingerprint density at radius 2 is 1.61 bits per heavy atom. The first-order valence-corrected chi connectivity index (χ1v) is 11.0. The lowest BCUT2D eigenvalue weighted by molar-refractivity contribution is -0.128. The molecule has 148 valence electrons. The second kappa shape index (κ2) is 7.64. The molecular weight excluding hydrogens is 412 g/mol. The van der Waals surface area contributed by atoms with Gasteiger partial charge in [0.2, 0.25) is 5.91 Å². The topological polar surface area (TPSA) is 23.6 Å². The molecule has 0 aromatic heterocycles. The van der Waals surface area contributed by atoms with E-state index in [1.165, 1.54) is 11.1 Å². The maximum Gasteiger partial charge on any atom is 0.223 e. The van der Waals surface area contributed by atoms with Crippen molar-refractivity contribution < 1.29 is 4.79 Å². The van der Waals surface area contributed by atoms with Crippen molar-refractivity contribution in [3.05, 3.63) is 70.2 Å². The minimum absolute atomic E-state index is 0.0887. The molecule has 0 N–H and O–H groups in total. The first-order valence-electron chi connectivity index (χ1n) is 10.2. The van der Waals surface area contributed by atoms with Crippen LogP contribution in [-0.2, 0) is 16.9 Å². The summed E-state index contributed by atoms with van der Waals surface area (Å²) in [4.78, 5) is 17.3. The Hall–Kier alpha value is -1.65. The summed E-state index contributed by atoms with van der Waals surface area (Å²) >= 11 is 3.62. The van der Waals surface area contributed by atoms with E-state index < -0.39 is 0 Å². The van der Waals surface area contributed by atoms with Crippen LogP contribution in [0.25, 0.3) is 0 Å². The van der Waals surface area contributed by atoms with Gasteiger partial charge >= 0.3 is 0 Å². The van der Waals surface area contributed by atoms with Crippen LogP contribution in [0.15, 0.2) is 59.1 Å². The van der Waals surface area contributed by atoms with Crippen molar-refractivity contribution in [3.8, 4) is 0 Å². The van der Waals surface area contributed by atoms with Crippen LogP contribution in [0.4, 0.5) is 0 Å². The van der Waals surface area contributed by atoms with Crippen molar-refractivity contribution in [2.45, 2.75) is 44.2 Å². The van der Waals surface area contributed by atoms with Gasteiger partial charge in [-0.15, -0.1) is 0 Å². The molecule has 1 saturated carbocycles. The second-order valence-electron chi connectivity index (χ2n) is 8.81. The van der Waals surface area contributed by atoms with E-state index in [4.69, 9.17) is 0 Å². The molecule has 0 unspecified atom stereocenters. The van der Waals surface area contributed by atoms with E-state index in [2.05, 4.69) is 82.3 Å². The SMILES string of the molecule is CN(C)[C@]1(c2ccccc2)CC[C@@]2(CC1)CC(=O)N(Cc1ccccc1Br)C2. The summed E-state index contributed by atoms with van der Waals surface area (Å²) in [5.74, 6) is 0.313. The van der Waals surface area contributed by atoms with Gasteiger partial charge in [-0.2, -0.15) is 0 Å². The first kappa shape index (κ1) is 19.7. The summed E-state index contributed by atoms with van der Waals surface area (Å²) < 4.78 is 1.09. The van der Waals surface area contributed by atoms with E-state index in [0.717, 1.165) is 36.7 Å². The zero-order valence-electron chi connectivity index (χ0n) is 16.8. The third-order valence-electron chi connectivity index (χ3n) is 7.03. The minimum Gasteiger partial charge on any atom is -0.338 e. The third kappa shape index (κ3) is 3.53. The molecule has 1 spiro atoms. The Balaban J connectivity index is 1.50. The Kier molecular flexibility index (Phi) is 5.36. The van der Waals surface area contributed by atoms with Crippen molar-refractivity contribution in [2.24, 2.45) is 5.41 Å². The number of rotatable bonds is 4. The largest absolute Gasteiger partial charge is 0.338 e. The van der Waals surface area contributed by atoms with Crippen LogP contribution in [-0.4, -0.2) is 36.3 Å². The van der Waals surface area contributed by atoms with Crippen LogP contribution in [0.2, 0.25) is 0 Å². The lowest BCUT2D eigenvalue weighted by atomic mass is 9.64. The maximum atomic E-state index is 12.8. The molecule has 0 bridgehead atoms. The summed E-state index contributed by atoms with van der Waals surface area (Å²) in [7, 11) is 4.40. The second-order valence-corrected chi connectivity index (χ2v) is 9.66. The third-order valence-corrected chi connectivity index (χ3v) is 7.80. The molecule has 28 heavy (non-hydrogen) atoms. The van der Waals surface area contributed by atoms with Crippen LogP contribution >= 0.6 is 15.9 Å². The van der Waals surface area contributed by atoms with Crippen molar-refractivity contribution in [2.75, 3.05) is 20.6 Å². The lowest BCUT2D eigenvalue weighted by Gasteiger charge is -2.48. The predicted molar refractivity (Wildman–Crippen MR) is 117 cm³/mol. The molecule has 3 nitrogen and oxygen atoms in total. The number of amides is 1. The van der Waals surface area contributed by atoms with Gasteiger partial charge in [0, 0.05) is 29.5 Å². The number of likely N-dealkylation sites (tertiary alicyclic amines) is 1. The number of hydrogen-bond acceptors (Lipinski definition) is 2. The van der Waals surface area contributed by atoms with E-state index >= 15 is 0 Å². The molecule has 2 aliphatic rings. The molecule has 4 rings (SSSR count). The Labute approximate surface area is 176 Å². The van der Waals surface area contributed by atoms with Gasteiger partial charge in [-0.05, 0) is 62.4 Å². The van der Waals surface area contributed by atoms with E-state index in [1.807, 2.05) is 12.1 Å². The predicted octanol–water partition coefficient (Wildman–Crippen LogP) is 5.20. The highest BCUT2D eigenvalue weighted by Gasteiger charge is 2.50. The average Bonchev–Trinajstić information content (AvgIpc) is 3.00. The van der Waals surface area contributed by atoms with Crippen LogP contribution in [0.3, 0.4) is 0 Å². The molecule has 2 aromatic carbocycles. The normalized spacial score (nSPS) is 27.7. The van der Waals surface area contributed by atoms with Gasteiger partial charge in [0.25, 0.3) is 0 Å². The highest BCUT2D eigenvalue weighted by Crippen LogP contribution is 2.52. The fourth-order valence-electron chi connectivity index (χ4n) is 5.23. The number of hydrogen-bond donors (Lipinski definition) is 0. The molecule has 1 saturated heterocycles. The Morgan fingerprint density at radius 1 is 0.964 bits per heavy atom. The molecule has 1 aliphatic carbocycles. The van der Waals surface area contributed by atoms with E-state index in [-0.39, 0.29) is 11.0 Å². The standard InChI is InChI=1S/C24H29BrN2O/c1-26(2)24(20-9-4-3-5-10-20)14-12-23(13-15-24)16-22(28)27(18-23)17-19-8-6-7-11-21(19)25/h3-11H,12-18H2,1-2H3/t23-,24-. The van der Waals surface area contributed by atoms with Gasteiger partial charge in [0.1, 0.15) is 0 Å². The smallest absolute Gasteiger partial charge is 0.223 e. The van der Waals surface area contributed by atoms with Crippen LogP contribution in [0, 0.1) is 5.41 Å². The number of nitrogens with zero attached hydrogens (tertiary/aromatic N) is 2. The van der Waals surface area contributed by atoms with Crippen molar-refractivity contribution in [1.82, 2.24) is 9.80 Å². The number of halogens is 1. The van der Waals surface area contributed by atoms with E-state index in [1.54, 1.807) is 0 Å². The fourth-order valence-corrected chi connectivity index (χ4v) is 5.64. The van der Waals surface area contributed by atoms with Crippen LogP contribution in [0.5, 0.6) is 0 Å². The lowest BCUT2D eigenvalue weighted by Crippen LogP contribution is -2.47. The molecular formula is C24H29BrN2O. The monoisotopic (exact) mass is 440 g/mol. The zero-order valence-corrected chi connectivity index (χ0v) is 18.4. The molecule has 1 aliphatic heterocycles. The first-order chi connectivity index (χ1) is 13.4. The number of carbonyl (C=O) groups excluding carboxylic acids is 1. The van der Waals surface area contributed by atoms with E-state index in [9.17, 15) is 4.79 Å². The summed E-state index contributed by atoms with van der Waals surface area (Å²) in [6.07, 6.45) is 5.15. The molecule has 0 atom stereocenters. The highest BCUT2D eigenvalue weighted by atomic mass is 79.9. The van der Waals surface area contributed by atoms with Crippen LogP contribution < -0.4 is 0 Å². The van der Waals surface area contributed by atoms with Gasteiger partial charge in [0.15, 0.2) is 0 Å². The Morgan fingerprint density at radius 3 is 2.25 bits per heavy atom. The fraction of sp³-hybridized carbons (Fsp3) is 0.458. The minimum atomic E-state index is 0.0887. The van der Waals surface area contributed by atoms with Gasteiger partial charge < -0.3 is 4.90 Å². The number of benzene rings is 2. The van der Waals surface area contributed by atoms with Crippen LogP contribution in [0.1, 0.15) is 43.2 Å². The number of carbonyl (C=O) groups is 1. The average molecular weight is 441 g/mol. The molecule has 1 amide bonds. The molecule has 2 aromatic rings. The van der Waals surface area contributed by atoms with Gasteiger partial charge in [0.05, 0.1) is 0 Å².